The van der Waals surface area contributed by atoms with E-state index in [1.807, 2.05) is 24.3 Å². The number of phenols is 1. The summed E-state index contributed by atoms with van der Waals surface area (Å²) < 4.78 is 5.07. The van der Waals surface area contributed by atoms with Gasteiger partial charge in [0.25, 0.3) is 5.91 Å². The Bertz CT molecular complexity index is 1060. The van der Waals surface area contributed by atoms with Gasteiger partial charge in [0, 0.05) is 11.3 Å². The van der Waals surface area contributed by atoms with E-state index in [9.17, 15) is 14.7 Å². The van der Waals surface area contributed by atoms with Gasteiger partial charge in [-0.05, 0) is 48.0 Å². The molecule has 3 aromatic carbocycles. The van der Waals surface area contributed by atoms with Crippen molar-refractivity contribution in [2.45, 2.75) is 6.92 Å². The molecule has 0 bridgehead atoms. The molecule has 3 rings (SSSR count). The van der Waals surface area contributed by atoms with Crippen molar-refractivity contribution in [3.8, 4) is 11.5 Å². The van der Waals surface area contributed by atoms with Crippen LogP contribution in [0.5, 0.6) is 11.5 Å². The number of aromatic hydroxyl groups is 1. The first-order chi connectivity index (χ1) is 14.0. The minimum absolute atomic E-state index is 0.0481. The van der Waals surface area contributed by atoms with Gasteiger partial charge in [-0.2, -0.15) is 5.10 Å². The number of hydrogen-bond acceptors (Lipinski definition) is 5. The minimum Gasteiger partial charge on any atom is -0.507 e. The molecule has 0 aromatic heterocycles. The lowest BCUT2D eigenvalue weighted by atomic mass is 10.0. The molecule has 1 atom stereocenters. The van der Waals surface area contributed by atoms with Gasteiger partial charge in [0.15, 0.2) is 0 Å². The lowest BCUT2D eigenvalue weighted by Gasteiger charge is -2.11. The zero-order chi connectivity index (χ0) is 20.8. The molecule has 7 heteroatoms. The Morgan fingerprint density at radius 2 is 1.76 bits per heavy atom. The van der Waals surface area contributed by atoms with Crippen molar-refractivity contribution in [2.24, 2.45) is 11.0 Å². The van der Waals surface area contributed by atoms with E-state index >= 15 is 0 Å². The molecule has 0 saturated heterocycles. The lowest BCUT2D eigenvalue weighted by molar-refractivity contribution is -0.131. The average Bonchev–Trinajstić information content (AvgIpc) is 2.75. The summed E-state index contributed by atoms with van der Waals surface area (Å²) in [7, 11) is 1.55. The van der Waals surface area contributed by atoms with Gasteiger partial charge in [0.2, 0.25) is 5.91 Å². The molecule has 7 nitrogen and oxygen atoms in total. The molecule has 0 spiro atoms. The predicted molar refractivity (Wildman–Crippen MR) is 112 cm³/mol. The number of rotatable bonds is 6. The van der Waals surface area contributed by atoms with Gasteiger partial charge in [0.1, 0.15) is 17.4 Å². The van der Waals surface area contributed by atoms with Crippen LogP contribution in [0.4, 0.5) is 5.69 Å². The molecule has 3 aromatic rings. The summed E-state index contributed by atoms with van der Waals surface area (Å²) in [5, 5.41) is 18.4. The van der Waals surface area contributed by atoms with Gasteiger partial charge >= 0.3 is 0 Å². The van der Waals surface area contributed by atoms with Crippen molar-refractivity contribution in [3.05, 3.63) is 66.2 Å². The van der Waals surface area contributed by atoms with E-state index in [1.54, 1.807) is 43.5 Å². The Morgan fingerprint density at radius 1 is 1.03 bits per heavy atom. The molecule has 0 fully saturated rings. The largest absolute Gasteiger partial charge is 0.507 e. The first-order valence-corrected chi connectivity index (χ1v) is 8.98. The van der Waals surface area contributed by atoms with Crippen LogP contribution in [0.2, 0.25) is 0 Å². The maximum atomic E-state index is 12.3. The summed E-state index contributed by atoms with van der Waals surface area (Å²) in [6, 6.07) is 17.7. The molecule has 2 amide bonds. The number of methoxy groups -OCH3 is 1. The summed E-state index contributed by atoms with van der Waals surface area (Å²) in [5.41, 5.74) is 3.39. The second-order valence-corrected chi connectivity index (χ2v) is 6.39. The molecule has 0 heterocycles. The fourth-order valence-electron chi connectivity index (χ4n) is 2.72. The quantitative estimate of drug-likeness (QED) is 0.341. The zero-order valence-corrected chi connectivity index (χ0v) is 16.0. The number of hydrazone groups is 1. The van der Waals surface area contributed by atoms with Crippen molar-refractivity contribution in [2.75, 3.05) is 12.4 Å². The van der Waals surface area contributed by atoms with E-state index in [-0.39, 0.29) is 5.75 Å². The molecular weight excluding hydrogens is 370 g/mol. The van der Waals surface area contributed by atoms with Crippen LogP contribution in [0.25, 0.3) is 10.8 Å². The number of phenolic OH excluding ortho intramolecular Hbond substituents is 1. The van der Waals surface area contributed by atoms with Crippen LogP contribution in [-0.2, 0) is 9.59 Å². The number of ether oxygens (including phenoxy) is 1. The van der Waals surface area contributed by atoms with Crippen LogP contribution in [0, 0.1) is 5.92 Å². The van der Waals surface area contributed by atoms with Crippen LogP contribution in [0.15, 0.2) is 65.8 Å². The molecule has 0 aliphatic carbocycles. The summed E-state index contributed by atoms with van der Waals surface area (Å²) in [4.78, 5) is 24.5. The summed E-state index contributed by atoms with van der Waals surface area (Å²) in [5.74, 6) is -1.27. The Balaban J connectivity index is 1.64. The number of fused-ring (bicyclic) bond motifs is 1. The lowest BCUT2D eigenvalue weighted by Crippen LogP contribution is -2.34. The third-order valence-electron chi connectivity index (χ3n) is 4.46. The number of anilines is 1. The van der Waals surface area contributed by atoms with E-state index in [1.165, 1.54) is 13.1 Å². The highest BCUT2D eigenvalue weighted by atomic mass is 16.5. The number of carbonyl (C=O) groups is 2. The Hall–Kier alpha value is -3.87. The molecule has 0 saturated carbocycles. The molecule has 0 aliphatic rings. The Labute approximate surface area is 168 Å². The van der Waals surface area contributed by atoms with E-state index in [2.05, 4.69) is 15.8 Å². The summed E-state index contributed by atoms with van der Waals surface area (Å²) in [6.45, 7) is 1.49. The van der Waals surface area contributed by atoms with Crippen molar-refractivity contribution in [3.63, 3.8) is 0 Å². The van der Waals surface area contributed by atoms with Gasteiger partial charge < -0.3 is 15.2 Å². The third-order valence-corrected chi connectivity index (χ3v) is 4.46. The highest BCUT2D eigenvalue weighted by Crippen LogP contribution is 2.25. The van der Waals surface area contributed by atoms with Gasteiger partial charge in [-0.3, -0.25) is 9.59 Å². The third kappa shape index (κ3) is 4.70. The maximum absolute atomic E-state index is 12.3. The molecule has 3 N–H and O–H groups in total. The molecule has 0 aliphatic heterocycles. The van der Waals surface area contributed by atoms with Crippen molar-refractivity contribution in [1.29, 1.82) is 0 Å². The number of benzene rings is 3. The van der Waals surface area contributed by atoms with Crippen LogP contribution in [-0.4, -0.2) is 30.2 Å². The molecule has 0 radical (unpaired) electrons. The standard InChI is InChI=1S/C22H21N3O4/c1-14(21(27)24-16-8-10-17(29-2)11-9-16)22(28)25-23-13-19-18-6-4-3-5-15(18)7-12-20(19)26/h3-14,26H,1-2H3,(H,24,27)(H,25,28). The highest BCUT2D eigenvalue weighted by Gasteiger charge is 2.21. The van der Waals surface area contributed by atoms with Crippen LogP contribution < -0.4 is 15.5 Å². The highest BCUT2D eigenvalue weighted by molar-refractivity contribution is 6.07. The summed E-state index contributed by atoms with van der Waals surface area (Å²) in [6.07, 6.45) is 1.36. The van der Waals surface area contributed by atoms with Gasteiger partial charge in [0.05, 0.1) is 13.3 Å². The van der Waals surface area contributed by atoms with Crippen molar-refractivity contribution in [1.82, 2.24) is 5.43 Å². The number of carbonyl (C=O) groups excluding carboxylic acids is 2. The van der Waals surface area contributed by atoms with Crippen LogP contribution >= 0.6 is 0 Å². The SMILES string of the molecule is COc1ccc(NC(=O)C(C)C(=O)NN=Cc2c(O)ccc3ccccc23)cc1. The Morgan fingerprint density at radius 3 is 2.48 bits per heavy atom. The molecule has 1 unspecified atom stereocenters. The second kappa shape index (κ2) is 8.88. The van der Waals surface area contributed by atoms with Crippen molar-refractivity contribution < 1.29 is 19.4 Å². The van der Waals surface area contributed by atoms with E-state index in [4.69, 9.17) is 4.74 Å². The van der Waals surface area contributed by atoms with Gasteiger partial charge in [-0.1, -0.05) is 30.3 Å². The van der Waals surface area contributed by atoms with Gasteiger partial charge in [-0.15, -0.1) is 0 Å². The zero-order valence-electron chi connectivity index (χ0n) is 16.0. The molecule has 29 heavy (non-hydrogen) atoms. The maximum Gasteiger partial charge on any atom is 0.252 e. The van der Waals surface area contributed by atoms with E-state index in [0.29, 0.717) is 17.0 Å². The fraction of sp³-hybridized carbons (Fsp3) is 0.136. The van der Waals surface area contributed by atoms with Crippen LogP contribution in [0.1, 0.15) is 12.5 Å². The van der Waals surface area contributed by atoms with Crippen LogP contribution in [0.3, 0.4) is 0 Å². The first kappa shape index (κ1) is 19.9. The summed E-state index contributed by atoms with van der Waals surface area (Å²) >= 11 is 0. The minimum atomic E-state index is -0.963. The van der Waals surface area contributed by atoms with E-state index < -0.39 is 17.7 Å². The number of nitrogens with one attached hydrogen (secondary N) is 2. The van der Waals surface area contributed by atoms with Gasteiger partial charge in [-0.25, -0.2) is 5.43 Å². The average molecular weight is 391 g/mol. The molecule has 148 valence electrons. The second-order valence-electron chi connectivity index (χ2n) is 6.39. The topological polar surface area (TPSA) is 100 Å². The Kier molecular flexibility index (Phi) is 6.09. The molecular formula is C22H21N3O4. The normalized spacial score (nSPS) is 11.9. The number of amides is 2. The van der Waals surface area contributed by atoms with E-state index in [0.717, 1.165) is 10.8 Å². The number of nitrogens with zero attached hydrogens (tertiary/aromatic N) is 1. The fourth-order valence-corrected chi connectivity index (χ4v) is 2.72. The number of hydrogen-bond donors (Lipinski definition) is 3. The smallest absolute Gasteiger partial charge is 0.252 e. The monoisotopic (exact) mass is 391 g/mol. The first-order valence-electron chi connectivity index (χ1n) is 8.98. The predicted octanol–water partition coefficient (Wildman–Crippen LogP) is 3.28. The van der Waals surface area contributed by atoms with Crippen molar-refractivity contribution >= 4 is 34.5 Å².